The van der Waals surface area contributed by atoms with Gasteiger partial charge in [-0.1, -0.05) is 54.8 Å². The summed E-state index contributed by atoms with van der Waals surface area (Å²) < 4.78 is 1.65. The van der Waals surface area contributed by atoms with Crippen LogP contribution < -0.4 is 10.6 Å². The van der Waals surface area contributed by atoms with E-state index in [9.17, 15) is 9.59 Å². The number of pyridine rings is 1. The number of nitrogens with one attached hydrogen (secondary N) is 2. The Hall–Kier alpha value is -3.71. The zero-order valence-electron chi connectivity index (χ0n) is 19.4. The van der Waals surface area contributed by atoms with Crippen molar-refractivity contribution in [1.82, 2.24) is 20.1 Å². The third kappa shape index (κ3) is 4.91. The average molecular weight is 488 g/mol. The number of carbonyl (C=O) groups excluding carboxylic acids is 2. The van der Waals surface area contributed by atoms with Crippen LogP contribution in [0.1, 0.15) is 53.5 Å². The molecule has 4 aromatic rings. The van der Waals surface area contributed by atoms with Crippen LogP contribution in [0.4, 0.5) is 5.69 Å². The Morgan fingerprint density at radius 1 is 1.06 bits per heavy atom. The summed E-state index contributed by atoms with van der Waals surface area (Å²) in [6.07, 6.45) is 5.86. The van der Waals surface area contributed by atoms with Gasteiger partial charge in [0, 0.05) is 34.8 Å². The van der Waals surface area contributed by atoms with Crippen molar-refractivity contribution in [3.8, 4) is 11.3 Å². The third-order valence-electron chi connectivity index (χ3n) is 6.32. The highest BCUT2D eigenvalue weighted by molar-refractivity contribution is 6.30. The number of nitrogens with zero attached hydrogens (tertiary/aromatic N) is 3. The lowest BCUT2D eigenvalue weighted by Gasteiger charge is -2.13. The predicted octanol–water partition coefficient (Wildman–Crippen LogP) is 5.70. The highest BCUT2D eigenvalue weighted by Crippen LogP contribution is 2.28. The Balaban J connectivity index is 1.50. The van der Waals surface area contributed by atoms with Crippen LogP contribution in [0.15, 0.2) is 60.8 Å². The number of para-hydroxylation sites is 1. The molecule has 1 aliphatic rings. The topological polar surface area (TPSA) is 88.9 Å². The first-order chi connectivity index (χ1) is 17.0. The number of benzene rings is 2. The fraction of sp³-hybridized carbons (Fsp3) is 0.259. The molecule has 1 saturated carbocycles. The van der Waals surface area contributed by atoms with Gasteiger partial charge < -0.3 is 10.6 Å². The standard InChI is InChI=1S/C27H26ClN5O2/c1-2-33-16-24(25(32-33)27(35)29-19-10-3-4-11-19)31-26(34)21-15-23(17-8-7-9-18(28)14-17)30-22-13-6-5-12-20(21)22/h5-9,12-16,19H,2-4,10-11H2,1H3,(H,29,35)(H,31,34). The van der Waals surface area contributed by atoms with Gasteiger partial charge >= 0.3 is 0 Å². The fourth-order valence-corrected chi connectivity index (χ4v) is 4.71. The molecule has 1 fully saturated rings. The zero-order valence-corrected chi connectivity index (χ0v) is 20.2. The predicted molar refractivity (Wildman–Crippen MR) is 138 cm³/mol. The van der Waals surface area contributed by atoms with Crippen molar-refractivity contribution in [3.63, 3.8) is 0 Å². The molecule has 0 unspecified atom stereocenters. The Morgan fingerprint density at radius 3 is 2.63 bits per heavy atom. The SMILES string of the molecule is CCn1cc(NC(=O)c2cc(-c3cccc(Cl)c3)nc3ccccc23)c(C(=O)NC2CCCC2)n1. The molecule has 2 amide bonds. The number of aryl methyl sites for hydroxylation is 1. The number of hydrogen-bond acceptors (Lipinski definition) is 4. The van der Waals surface area contributed by atoms with Crippen molar-refractivity contribution < 1.29 is 9.59 Å². The number of amides is 2. The quantitative estimate of drug-likeness (QED) is 0.365. The smallest absolute Gasteiger partial charge is 0.274 e. The molecule has 0 radical (unpaired) electrons. The maximum Gasteiger partial charge on any atom is 0.274 e. The third-order valence-corrected chi connectivity index (χ3v) is 6.56. The summed E-state index contributed by atoms with van der Waals surface area (Å²) in [4.78, 5) is 31.3. The maximum atomic E-state index is 13.6. The van der Waals surface area contributed by atoms with E-state index in [1.807, 2.05) is 49.4 Å². The average Bonchev–Trinajstić information content (AvgIpc) is 3.53. The van der Waals surface area contributed by atoms with Gasteiger partial charge in [-0.25, -0.2) is 4.98 Å². The molecule has 8 heteroatoms. The molecule has 0 saturated heterocycles. The highest BCUT2D eigenvalue weighted by atomic mass is 35.5. The first-order valence-corrected chi connectivity index (χ1v) is 12.2. The number of hydrogen-bond donors (Lipinski definition) is 2. The molecular formula is C27H26ClN5O2. The Bertz CT molecular complexity index is 1410. The molecule has 5 rings (SSSR count). The van der Waals surface area contributed by atoms with Gasteiger partial charge in [-0.15, -0.1) is 0 Å². The van der Waals surface area contributed by atoms with E-state index in [0.29, 0.717) is 34.0 Å². The lowest BCUT2D eigenvalue weighted by atomic mass is 10.0. The van der Waals surface area contributed by atoms with Crippen molar-refractivity contribution in [2.24, 2.45) is 0 Å². The Labute approximate surface area is 208 Å². The zero-order chi connectivity index (χ0) is 24.4. The van der Waals surface area contributed by atoms with Crippen LogP contribution in [0.5, 0.6) is 0 Å². The molecule has 0 atom stereocenters. The van der Waals surface area contributed by atoms with Crippen molar-refractivity contribution in [1.29, 1.82) is 0 Å². The van der Waals surface area contributed by atoms with Gasteiger partial charge in [0.25, 0.3) is 11.8 Å². The minimum absolute atomic E-state index is 0.155. The van der Waals surface area contributed by atoms with Gasteiger partial charge in [0.15, 0.2) is 5.69 Å². The van der Waals surface area contributed by atoms with Gasteiger partial charge in [-0.2, -0.15) is 5.10 Å². The largest absolute Gasteiger partial charge is 0.348 e. The molecular weight excluding hydrogens is 462 g/mol. The molecule has 0 bridgehead atoms. The summed E-state index contributed by atoms with van der Waals surface area (Å²) in [6, 6.07) is 16.8. The minimum atomic E-state index is -0.336. The lowest BCUT2D eigenvalue weighted by molar-refractivity contribution is 0.0933. The Morgan fingerprint density at radius 2 is 1.86 bits per heavy atom. The van der Waals surface area contributed by atoms with Gasteiger partial charge in [0.2, 0.25) is 0 Å². The molecule has 178 valence electrons. The highest BCUT2D eigenvalue weighted by Gasteiger charge is 2.24. The fourth-order valence-electron chi connectivity index (χ4n) is 4.52. The summed E-state index contributed by atoms with van der Waals surface area (Å²) in [5, 5.41) is 11.7. The van der Waals surface area contributed by atoms with Crippen LogP contribution in [0.25, 0.3) is 22.2 Å². The van der Waals surface area contributed by atoms with Crippen LogP contribution in [0.2, 0.25) is 5.02 Å². The summed E-state index contributed by atoms with van der Waals surface area (Å²) in [5.74, 6) is -0.601. The maximum absolute atomic E-state index is 13.6. The molecule has 2 N–H and O–H groups in total. The summed E-state index contributed by atoms with van der Waals surface area (Å²) in [7, 11) is 0. The summed E-state index contributed by atoms with van der Waals surface area (Å²) in [5.41, 5.74) is 3.21. The van der Waals surface area contributed by atoms with Gasteiger partial charge in [-0.05, 0) is 44.0 Å². The van der Waals surface area contributed by atoms with Crippen LogP contribution >= 0.6 is 11.6 Å². The normalized spacial score (nSPS) is 13.8. The summed E-state index contributed by atoms with van der Waals surface area (Å²) >= 11 is 6.19. The molecule has 35 heavy (non-hydrogen) atoms. The molecule has 0 spiro atoms. The Kier molecular flexibility index (Phi) is 6.51. The van der Waals surface area contributed by atoms with Crippen molar-refractivity contribution in [2.45, 2.75) is 45.2 Å². The number of anilines is 1. The molecule has 7 nitrogen and oxygen atoms in total. The van der Waals surface area contributed by atoms with Crippen LogP contribution in [0, 0.1) is 0 Å². The first-order valence-electron chi connectivity index (χ1n) is 11.9. The van der Waals surface area contributed by atoms with E-state index in [1.165, 1.54) is 0 Å². The van der Waals surface area contributed by atoms with E-state index in [4.69, 9.17) is 16.6 Å². The second-order valence-electron chi connectivity index (χ2n) is 8.74. The van der Waals surface area contributed by atoms with Crippen LogP contribution in [-0.4, -0.2) is 32.6 Å². The van der Waals surface area contributed by atoms with E-state index in [0.717, 1.165) is 36.6 Å². The van der Waals surface area contributed by atoms with E-state index in [1.54, 1.807) is 23.0 Å². The molecule has 2 heterocycles. The molecule has 1 aliphatic carbocycles. The van der Waals surface area contributed by atoms with Crippen molar-refractivity contribution in [2.75, 3.05) is 5.32 Å². The number of carbonyl (C=O) groups is 2. The minimum Gasteiger partial charge on any atom is -0.348 e. The number of halogens is 1. The number of fused-ring (bicyclic) bond motifs is 1. The van der Waals surface area contributed by atoms with Gasteiger partial charge in [0.1, 0.15) is 0 Å². The monoisotopic (exact) mass is 487 g/mol. The first kappa shape index (κ1) is 23.1. The number of aromatic nitrogens is 3. The van der Waals surface area contributed by atoms with E-state index >= 15 is 0 Å². The van der Waals surface area contributed by atoms with Crippen LogP contribution in [0.3, 0.4) is 0 Å². The van der Waals surface area contributed by atoms with Gasteiger partial charge in [-0.3, -0.25) is 14.3 Å². The number of rotatable bonds is 6. The van der Waals surface area contributed by atoms with E-state index in [2.05, 4.69) is 15.7 Å². The molecule has 0 aliphatic heterocycles. The van der Waals surface area contributed by atoms with E-state index in [-0.39, 0.29) is 23.6 Å². The second-order valence-corrected chi connectivity index (χ2v) is 9.18. The summed E-state index contributed by atoms with van der Waals surface area (Å²) in [6.45, 7) is 2.52. The van der Waals surface area contributed by atoms with Gasteiger partial charge in [0.05, 0.1) is 22.5 Å². The van der Waals surface area contributed by atoms with Crippen molar-refractivity contribution in [3.05, 3.63) is 77.1 Å². The molecule has 2 aromatic carbocycles. The van der Waals surface area contributed by atoms with Crippen LogP contribution in [-0.2, 0) is 6.54 Å². The lowest BCUT2D eigenvalue weighted by Crippen LogP contribution is -2.33. The van der Waals surface area contributed by atoms with E-state index < -0.39 is 0 Å². The molecule has 2 aromatic heterocycles. The second kappa shape index (κ2) is 9.88. The van der Waals surface area contributed by atoms with Crippen molar-refractivity contribution >= 4 is 40.0 Å².